The van der Waals surface area contributed by atoms with Crippen LogP contribution in [0.5, 0.6) is 0 Å². The fourth-order valence-corrected chi connectivity index (χ4v) is 2.23. The van der Waals surface area contributed by atoms with Crippen molar-refractivity contribution in [3.05, 3.63) is 23.9 Å². The molecule has 0 aliphatic heterocycles. The number of anilines is 1. The highest BCUT2D eigenvalue weighted by atomic mass is 19.4. The third kappa shape index (κ3) is 2.90. The summed E-state index contributed by atoms with van der Waals surface area (Å²) in [6.07, 6.45) is 0.948. The van der Waals surface area contributed by atoms with Crippen molar-refractivity contribution in [1.82, 2.24) is 4.98 Å². The number of nitrogens with one attached hydrogen (secondary N) is 1. The zero-order valence-corrected chi connectivity index (χ0v) is 9.64. The van der Waals surface area contributed by atoms with E-state index in [1.165, 1.54) is 6.07 Å². The smallest absolute Gasteiger partial charge is 0.365 e. The Balaban J connectivity index is 2.08. The summed E-state index contributed by atoms with van der Waals surface area (Å²) in [5, 5.41) is 3.22. The normalized spacial score (nSPS) is 19.3. The van der Waals surface area contributed by atoms with Crippen LogP contribution in [0.3, 0.4) is 0 Å². The molecule has 1 N–H and O–H groups in total. The molecule has 0 saturated heterocycles. The predicted octanol–water partition coefficient (Wildman–Crippen LogP) is 3.85. The third-order valence-corrected chi connectivity index (χ3v) is 3.23. The highest BCUT2D eigenvalue weighted by Crippen LogP contribution is 2.33. The number of hydrogen-bond acceptors (Lipinski definition) is 2. The Morgan fingerprint density at radius 1 is 1.24 bits per heavy atom. The van der Waals surface area contributed by atoms with Crippen LogP contribution in [0.25, 0.3) is 0 Å². The molecule has 1 fully saturated rings. The Morgan fingerprint density at radius 2 is 1.88 bits per heavy atom. The first-order chi connectivity index (χ1) is 7.89. The number of halogens is 3. The van der Waals surface area contributed by atoms with E-state index in [-0.39, 0.29) is 5.54 Å². The van der Waals surface area contributed by atoms with Crippen molar-refractivity contribution in [3.63, 3.8) is 0 Å². The van der Waals surface area contributed by atoms with E-state index < -0.39 is 11.7 Å². The van der Waals surface area contributed by atoms with Gasteiger partial charge in [-0.05, 0) is 31.9 Å². The van der Waals surface area contributed by atoms with Gasteiger partial charge in [-0.2, -0.15) is 13.2 Å². The van der Waals surface area contributed by atoms with Crippen LogP contribution in [0.15, 0.2) is 18.3 Å². The first-order valence-corrected chi connectivity index (χ1v) is 5.71. The molecular weight excluding hydrogens is 229 g/mol. The lowest BCUT2D eigenvalue weighted by atomic mass is 10.0. The molecule has 1 aliphatic carbocycles. The molecule has 0 aromatic carbocycles. The molecule has 1 aromatic heterocycles. The molecule has 2 nitrogen and oxygen atoms in total. The van der Waals surface area contributed by atoms with Gasteiger partial charge in [0, 0.05) is 11.7 Å². The molecule has 0 amide bonds. The van der Waals surface area contributed by atoms with Crippen LogP contribution in [0, 0.1) is 0 Å². The molecule has 5 heteroatoms. The molecule has 0 spiro atoms. The van der Waals surface area contributed by atoms with Gasteiger partial charge in [0.05, 0.1) is 5.56 Å². The lowest BCUT2D eigenvalue weighted by molar-refractivity contribution is -0.137. The summed E-state index contributed by atoms with van der Waals surface area (Å²) >= 11 is 0. The maximum absolute atomic E-state index is 12.3. The van der Waals surface area contributed by atoms with Crippen LogP contribution in [-0.4, -0.2) is 10.5 Å². The predicted molar refractivity (Wildman–Crippen MR) is 59.7 cm³/mol. The molecule has 0 radical (unpaired) electrons. The van der Waals surface area contributed by atoms with Crippen molar-refractivity contribution < 1.29 is 13.2 Å². The minimum atomic E-state index is -4.32. The van der Waals surface area contributed by atoms with Crippen LogP contribution in [0.4, 0.5) is 19.0 Å². The van der Waals surface area contributed by atoms with Gasteiger partial charge in [0.2, 0.25) is 0 Å². The second-order valence-corrected chi connectivity index (χ2v) is 4.82. The number of nitrogens with zero attached hydrogens (tertiary/aromatic N) is 1. The molecule has 94 valence electrons. The van der Waals surface area contributed by atoms with Crippen molar-refractivity contribution in [2.75, 3.05) is 5.32 Å². The van der Waals surface area contributed by atoms with Crippen LogP contribution in [0.2, 0.25) is 0 Å². The number of rotatable bonds is 2. The van der Waals surface area contributed by atoms with Crippen molar-refractivity contribution in [1.29, 1.82) is 0 Å². The first kappa shape index (κ1) is 12.2. The number of alkyl halides is 3. The van der Waals surface area contributed by atoms with Crippen molar-refractivity contribution >= 4 is 5.82 Å². The van der Waals surface area contributed by atoms with Gasteiger partial charge in [-0.15, -0.1) is 0 Å². The quantitative estimate of drug-likeness (QED) is 0.854. The summed E-state index contributed by atoms with van der Waals surface area (Å²) in [5.41, 5.74) is -0.730. The molecule has 0 bridgehead atoms. The number of pyridine rings is 1. The molecular formula is C12H15F3N2. The Kier molecular flexibility index (Phi) is 3.02. The summed E-state index contributed by atoms with van der Waals surface area (Å²) in [6.45, 7) is 2.08. The Hall–Kier alpha value is -1.26. The van der Waals surface area contributed by atoms with Crippen LogP contribution in [0.1, 0.15) is 38.2 Å². The fraction of sp³-hybridized carbons (Fsp3) is 0.583. The van der Waals surface area contributed by atoms with E-state index in [4.69, 9.17) is 0 Å². The van der Waals surface area contributed by atoms with Gasteiger partial charge in [0.15, 0.2) is 0 Å². The summed E-state index contributed by atoms with van der Waals surface area (Å²) in [4.78, 5) is 3.82. The lowest BCUT2D eigenvalue weighted by Crippen LogP contribution is -2.31. The summed E-state index contributed by atoms with van der Waals surface area (Å²) < 4.78 is 37.0. The van der Waals surface area contributed by atoms with Crippen LogP contribution >= 0.6 is 0 Å². The maximum Gasteiger partial charge on any atom is 0.417 e. The Morgan fingerprint density at radius 3 is 2.35 bits per heavy atom. The van der Waals surface area contributed by atoms with E-state index in [9.17, 15) is 13.2 Å². The molecule has 1 aromatic rings. The molecule has 1 aliphatic rings. The molecule has 17 heavy (non-hydrogen) atoms. The Labute approximate surface area is 98.2 Å². The van der Waals surface area contributed by atoms with Gasteiger partial charge in [0.1, 0.15) is 5.82 Å². The molecule has 1 heterocycles. The average Bonchev–Trinajstić information content (AvgIpc) is 2.64. The fourth-order valence-electron chi connectivity index (χ4n) is 2.23. The number of hydrogen-bond donors (Lipinski definition) is 1. The molecule has 0 atom stereocenters. The summed E-state index contributed by atoms with van der Waals surface area (Å²) in [6, 6.07) is 2.46. The summed E-state index contributed by atoms with van der Waals surface area (Å²) in [5.74, 6) is 0.516. The highest BCUT2D eigenvalue weighted by Gasteiger charge is 2.32. The maximum atomic E-state index is 12.3. The van der Waals surface area contributed by atoms with Crippen molar-refractivity contribution in [3.8, 4) is 0 Å². The van der Waals surface area contributed by atoms with Gasteiger partial charge in [0.25, 0.3) is 0 Å². The van der Waals surface area contributed by atoms with Gasteiger partial charge < -0.3 is 5.32 Å². The standard InChI is InChI=1S/C12H15F3N2/c1-11(6-2-3-7-11)17-10-5-4-9(8-16-10)12(13,14)15/h4-5,8H,2-3,6-7H2,1H3,(H,16,17). The molecule has 0 unspecified atom stereocenters. The van der Waals surface area contributed by atoms with Gasteiger partial charge in [-0.25, -0.2) is 4.98 Å². The SMILES string of the molecule is CC1(Nc2ccc(C(F)(F)F)cn2)CCCC1. The van der Waals surface area contributed by atoms with Gasteiger partial charge in [-0.1, -0.05) is 12.8 Å². The van der Waals surface area contributed by atoms with Gasteiger partial charge >= 0.3 is 6.18 Å². The third-order valence-electron chi connectivity index (χ3n) is 3.23. The largest absolute Gasteiger partial charge is 0.417 e. The minimum Gasteiger partial charge on any atom is -0.365 e. The second-order valence-electron chi connectivity index (χ2n) is 4.82. The topological polar surface area (TPSA) is 24.9 Å². The van der Waals surface area contributed by atoms with E-state index in [0.717, 1.165) is 37.9 Å². The van der Waals surface area contributed by atoms with E-state index in [1.54, 1.807) is 0 Å². The van der Waals surface area contributed by atoms with Crippen molar-refractivity contribution in [2.45, 2.75) is 44.3 Å². The number of aromatic nitrogens is 1. The molecule has 2 rings (SSSR count). The van der Waals surface area contributed by atoms with E-state index >= 15 is 0 Å². The van der Waals surface area contributed by atoms with E-state index in [1.807, 2.05) is 0 Å². The Bertz CT molecular complexity index is 378. The average molecular weight is 244 g/mol. The van der Waals surface area contributed by atoms with Crippen molar-refractivity contribution in [2.24, 2.45) is 0 Å². The zero-order valence-electron chi connectivity index (χ0n) is 9.64. The molecule has 1 saturated carbocycles. The second kappa shape index (κ2) is 4.20. The lowest BCUT2D eigenvalue weighted by Gasteiger charge is -2.26. The van der Waals surface area contributed by atoms with Crippen LogP contribution < -0.4 is 5.32 Å². The zero-order chi connectivity index (χ0) is 12.5. The first-order valence-electron chi connectivity index (χ1n) is 5.71. The van der Waals surface area contributed by atoms with E-state index in [2.05, 4.69) is 17.2 Å². The van der Waals surface area contributed by atoms with E-state index in [0.29, 0.717) is 5.82 Å². The monoisotopic (exact) mass is 244 g/mol. The van der Waals surface area contributed by atoms with Crippen LogP contribution in [-0.2, 0) is 6.18 Å². The highest BCUT2D eigenvalue weighted by molar-refractivity contribution is 5.39. The van der Waals surface area contributed by atoms with Gasteiger partial charge in [-0.3, -0.25) is 0 Å². The summed E-state index contributed by atoms with van der Waals surface area (Å²) in [7, 11) is 0. The minimum absolute atomic E-state index is 0.0211.